The first-order valence-electron chi connectivity index (χ1n) is 4.37. The van der Waals surface area contributed by atoms with Crippen molar-refractivity contribution in [2.75, 3.05) is 0 Å². The third kappa shape index (κ3) is 0.902. The monoisotopic (exact) mass is 136 g/mol. The van der Waals surface area contributed by atoms with Crippen molar-refractivity contribution in [1.82, 2.24) is 0 Å². The standard InChI is InChI=1S/C10H16/c1-8-3-4-10(5-6-10)7-9(8)2/h3-7H2,1-2H3. The second kappa shape index (κ2) is 1.87. The average Bonchev–Trinajstić information content (AvgIpc) is 2.62. The maximum absolute atomic E-state index is 2.31. The Kier molecular flexibility index (Phi) is 1.21. The number of rotatable bonds is 0. The minimum absolute atomic E-state index is 0.823. The van der Waals surface area contributed by atoms with E-state index in [1.54, 1.807) is 11.1 Å². The summed E-state index contributed by atoms with van der Waals surface area (Å²) >= 11 is 0. The fourth-order valence-electron chi connectivity index (χ4n) is 2.07. The predicted octanol–water partition coefficient (Wildman–Crippen LogP) is 3.29. The van der Waals surface area contributed by atoms with Crippen LogP contribution < -0.4 is 0 Å². The molecule has 0 aromatic heterocycles. The van der Waals surface area contributed by atoms with Crippen molar-refractivity contribution in [3.05, 3.63) is 11.1 Å². The van der Waals surface area contributed by atoms with Crippen molar-refractivity contribution in [3.63, 3.8) is 0 Å². The molecule has 56 valence electrons. The normalized spacial score (nSPS) is 29.4. The molecule has 1 fully saturated rings. The van der Waals surface area contributed by atoms with E-state index in [9.17, 15) is 0 Å². The molecule has 2 aliphatic rings. The van der Waals surface area contributed by atoms with Crippen LogP contribution in [0, 0.1) is 5.41 Å². The molecule has 0 nitrogen and oxygen atoms in total. The smallest absolute Gasteiger partial charge is 0.0257 e. The van der Waals surface area contributed by atoms with Crippen molar-refractivity contribution < 1.29 is 0 Å². The van der Waals surface area contributed by atoms with E-state index in [-0.39, 0.29) is 0 Å². The van der Waals surface area contributed by atoms with Gasteiger partial charge in [-0.15, -0.1) is 0 Å². The molecular formula is C10H16. The first-order chi connectivity index (χ1) is 4.72. The lowest BCUT2D eigenvalue weighted by Crippen LogP contribution is -2.08. The molecule has 0 heterocycles. The molecule has 0 heteroatoms. The molecule has 2 rings (SSSR count). The summed E-state index contributed by atoms with van der Waals surface area (Å²) in [5.41, 5.74) is 4.17. The first-order valence-corrected chi connectivity index (χ1v) is 4.37. The van der Waals surface area contributed by atoms with Gasteiger partial charge in [0.15, 0.2) is 0 Å². The van der Waals surface area contributed by atoms with E-state index in [2.05, 4.69) is 13.8 Å². The molecule has 1 spiro atoms. The molecule has 2 aliphatic carbocycles. The molecule has 10 heavy (non-hydrogen) atoms. The molecule has 0 aromatic rings. The van der Waals surface area contributed by atoms with E-state index in [0.29, 0.717) is 0 Å². The molecule has 0 saturated heterocycles. The van der Waals surface area contributed by atoms with Gasteiger partial charge in [0.2, 0.25) is 0 Å². The molecule has 0 radical (unpaired) electrons. The van der Waals surface area contributed by atoms with Gasteiger partial charge in [-0.2, -0.15) is 0 Å². The summed E-state index contributed by atoms with van der Waals surface area (Å²) in [5.74, 6) is 0. The minimum Gasteiger partial charge on any atom is -0.0744 e. The predicted molar refractivity (Wildman–Crippen MR) is 43.9 cm³/mol. The highest BCUT2D eigenvalue weighted by Crippen LogP contribution is 2.57. The molecule has 0 atom stereocenters. The first kappa shape index (κ1) is 6.45. The zero-order valence-corrected chi connectivity index (χ0v) is 7.04. The number of hydrogen-bond acceptors (Lipinski definition) is 0. The Bertz CT molecular complexity index is 182. The Labute approximate surface area is 63.3 Å². The van der Waals surface area contributed by atoms with Crippen LogP contribution in [0.25, 0.3) is 0 Å². The van der Waals surface area contributed by atoms with E-state index in [4.69, 9.17) is 0 Å². The van der Waals surface area contributed by atoms with Gasteiger partial charge in [0.05, 0.1) is 0 Å². The molecule has 0 aromatic carbocycles. The van der Waals surface area contributed by atoms with Crippen LogP contribution >= 0.6 is 0 Å². The van der Waals surface area contributed by atoms with Crippen molar-refractivity contribution in [2.45, 2.75) is 46.0 Å². The molecule has 0 unspecified atom stereocenters. The van der Waals surface area contributed by atoms with Gasteiger partial charge in [0.1, 0.15) is 0 Å². The van der Waals surface area contributed by atoms with Crippen LogP contribution in [0.4, 0.5) is 0 Å². The second-order valence-electron chi connectivity index (χ2n) is 4.24. The molecule has 0 bridgehead atoms. The summed E-state index contributed by atoms with van der Waals surface area (Å²) in [4.78, 5) is 0. The van der Waals surface area contributed by atoms with Gasteiger partial charge >= 0.3 is 0 Å². The van der Waals surface area contributed by atoms with Gasteiger partial charge in [-0.05, 0) is 51.4 Å². The Morgan fingerprint density at radius 2 is 1.70 bits per heavy atom. The zero-order valence-electron chi connectivity index (χ0n) is 7.04. The van der Waals surface area contributed by atoms with Crippen LogP contribution in [0.1, 0.15) is 46.0 Å². The fourth-order valence-corrected chi connectivity index (χ4v) is 2.07. The van der Waals surface area contributed by atoms with Crippen molar-refractivity contribution in [3.8, 4) is 0 Å². The van der Waals surface area contributed by atoms with E-state index in [1.807, 2.05) is 0 Å². The van der Waals surface area contributed by atoms with Crippen LogP contribution in [-0.2, 0) is 0 Å². The maximum atomic E-state index is 2.31. The zero-order chi connectivity index (χ0) is 7.19. The van der Waals surface area contributed by atoms with Gasteiger partial charge in [-0.3, -0.25) is 0 Å². The largest absolute Gasteiger partial charge is 0.0744 e. The summed E-state index contributed by atoms with van der Waals surface area (Å²) in [6.45, 7) is 4.61. The van der Waals surface area contributed by atoms with Gasteiger partial charge in [-0.1, -0.05) is 11.1 Å². The second-order valence-corrected chi connectivity index (χ2v) is 4.24. The number of hydrogen-bond donors (Lipinski definition) is 0. The van der Waals surface area contributed by atoms with Crippen LogP contribution in [0.15, 0.2) is 11.1 Å². The SMILES string of the molecule is CC1=C(C)CC2(CC1)CC2. The van der Waals surface area contributed by atoms with Crippen molar-refractivity contribution >= 4 is 0 Å². The molecule has 1 saturated carbocycles. The molecular weight excluding hydrogens is 120 g/mol. The summed E-state index contributed by atoms with van der Waals surface area (Å²) < 4.78 is 0. The van der Waals surface area contributed by atoms with Crippen molar-refractivity contribution in [2.24, 2.45) is 5.41 Å². The van der Waals surface area contributed by atoms with E-state index in [0.717, 1.165) is 5.41 Å². The van der Waals surface area contributed by atoms with E-state index < -0.39 is 0 Å². The lowest BCUT2D eigenvalue weighted by atomic mass is 9.83. The van der Waals surface area contributed by atoms with E-state index >= 15 is 0 Å². The number of allylic oxidation sites excluding steroid dienone is 2. The molecule has 0 N–H and O–H groups in total. The van der Waals surface area contributed by atoms with Crippen molar-refractivity contribution in [1.29, 1.82) is 0 Å². The molecule has 0 amide bonds. The average molecular weight is 136 g/mol. The summed E-state index contributed by atoms with van der Waals surface area (Å²) in [6, 6.07) is 0. The minimum atomic E-state index is 0.823. The lowest BCUT2D eigenvalue weighted by Gasteiger charge is -2.23. The topological polar surface area (TPSA) is 0 Å². The molecule has 0 aliphatic heterocycles. The fraction of sp³-hybridized carbons (Fsp3) is 0.800. The van der Waals surface area contributed by atoms with Crippen LogP contribution in [-0.4, -0.2) is 0 Å². The third-order valence-electron chi connectivity index (χ3n) is 3.36. The van der Waals surface area contributed by atoms with Crippen LogP contribution in [0.2, 0.25) is 0 Å². The van der Waals surface area contributed by atoms with E-state index in [1.165, 1.54) is 32.1 Å². The van der Waals surface area contributed by atoms with Gasteiger partial charge in [-0.25, -0.2) is 0 Å². The quantitative estimate of drug-likeness (QED) is 0.448. The Hall–Kier alpha value is -0.260. The maximum Gasteiger partial charge on any atom is -0.0257 e. The summed E-state index contributed by atoms with van der Waals surface area (Å²) in [6.07, 6.45) is 7.30. The highest BCUT2D eigenvalue weighted by Gasteiger charge is 2.43. The Morgan fingerprint density at radius 1 is 1.00 bits per heavy atom. The lowest BCUT2D eigenvalue weighted by molar-refractivity contribution is 0.434. The third-order valence-corrected chi connectivity index (χ3v) is 3.36. The van der Waals surface area contributed by atoms with Crippen LogP contribution in [0.5, 0.6) is 0 Å². The summed E-state index contributed by atoms with van der Waals surface area (Å²) in [5, 5.41) is 0. The van der Waals surface area contributed by atoms with Gasteiger partial charge < -0.3 is 0 Å². The Balaban J connectivity index is 2.15. The highest BCUT2D eigenvalue weighted by atomic mass is 14.5. The summed E-state index contributed by atoms with van der Waals surface area (Å²) in [7, 11) is 0. The highest BCUT2D eigenvalue weighted by molar-refractivity contribution is 5.19. The Morgan fingerprint density at radius 3 is 2.20 bits per heavy atom. The van der Waals surface area contributed by atoms with Gasteiger partial charge in [0, 0.05) is 0 Å². The van der Waals surface area contributed by atoms with Crippen LogP contribution in [0.3, 0.4) is 0 Å². The van der Waals surface area contributed by atoms with Gasteiger partial charge in [0.25, 0.3) is 0 Å².